The Morgan fingerprint density at radius 2 is 1.96 bits per heavy atom. The SMILES string of the molecule is COc1ccc(CC(=O)Nc2ccccc2OCCn2ccnc2)c(OC)c1. The summed E-state index contributed by atoms with van der Waals surface area (Å²) in [5.74, 6) is 1.75. The van der Waals surface area contributed by atoms with Gasteiger partial charge < -0.3 is 24.1 Å². The third-order valence-electron chi connectivity index (χ3n) is 4.17. The number of rotatable bonds is 9. The van der Waals surface area contributed by atoms with Crippen molar-refractivity contribution in [1.29, 1.82) is 0 Å². The van der Waals surface area contributed by atoms with Crippen LogP contribution in [-0.4, -0.2) is 36.3 Å². The molecule has 0 aliphatic rings. The van der Waals surface area contributed by atoms with Crippen LogP contribution in [0.2, 0.25) is 0 Å². The summed E-state index contributed by atoms with van der Waals surface area (Å²) in [4.78, 5) is 16.6. The van der Waals surface area contributed by atoms with Crippen LogP contribution in [0.3, 0.4) is 0 Å². The molecule has 0 bridgehead atoms. The number of hydrogen-bond acceptors (Lipinski definition) is 5. The number of para-hydroxylation sites is 2. The van der Waals surface area contributed by atoms with Crippen molar-refractivity contribution in [1.82, 2.24) is 9.55 Å². The lowest BCUT2D eigenvalue weighted by atomic mass is 10.1. The highest BCUT2D eigenvalue weighted by Crippen LogP contribution is 2.27. The first kappa shape index (κ1) is 19.3. The lowest BCUT2D eigenvalue weighted by molar-refractivity contribution is -0.115. The average molecular weight is 381 g/mol. The minimum absolute atomic E-state index is 0.158. The van der Waals surface area contributed by atoms with Gasteiger partial charge in [0, 0.05) is 24.0 Å². The summed E-state index contributed by atoms with van der Waals surface area (Å²) in [6, 6.07) is 12.8. The number of imidazole rings is 1. The molecule has 0 fully saturated rings. The molecule has 3 rings (SSSR count). The van der Waals surface area contributed by atoms with Gasteiger partial charge in [0.05, 0.1) is 39.2 Å². The van der Waals surface area contributed by atoms with Gasteiger partial charge >= 0.3 is 0 Å². The number of nitrogens with zero attached hydrogens (tertiary/aromatic N) is 2. The molecule has 1 amide bonds. The third-order valence-corrected chi connectivity index (χ3v) is 4.17. The van der Waals surface area contributed by atoms with E-state index in [0.29, 0.717) is 36.1 Å². The zero-order chi connectivity index (χ0) is 19.8. The number of carbonyl (C=O) groups is 1. The molecular formula is C21H23N3O4. The molecule has 3 aromatic rings. The molecule has 0 saturated carbocycles. The van der Waals surface area contributed by atoms with Gasteiger partial charge in [-0.05, 0) is 18.2 Å². The monoisotopic (exact) mass is 381 g/mol. The van der Waals surface area contributed by atoms with Crippen molar-refractivity contribution in [2.24, 2.45) is 0 Å². The standard InChI is InChI=1S/C21H23N3O4/c1-26-17-8-7-16(20(14-17)27-2)13-21(25)23-18-5-3-4-6-19(18)28-12-11-24-10-9-22-15-24/h3-10,14-15H,11-13H2,1-2H3,(H,23,25). The summed E-state index contributed by atoms with van der Waals surface area (Å²) in [7, 11) is 3.16. The Labute approximate surface area is 163 Å². The van der Waals surface area contributed by atoms with Crippen molar-refractivity contribution < 1.29 is 19.0 Å². The predicted octanol–water partition coefficient (Wildman–Crippen LogP) is 3.16. The second-order valence-electron chi connectivity index (χ2n) is 6.05. The summed E-state index contributed by atoms with van der Waals surface area (Å²) in [6.45, 7) is 1.14. The number of amides is 1. The Morgan fingerprint density at radius 3 is 2.71 bits per heavy atom. The van der Waals surface area contributed by atoms with E-state index in [1.165, 1.54) is 0 Å². The molecule has 1 N–H and O–H groups in total. The lowest BCUT2D eigenvalue weighted by Crippen LogP contribution is -2.16. The minimum Gasteiger partial charge on any atom is -0.497 e. The van der Waals surface area contributed by atoms with E-state index in [-0.39, 0.29) is 12.3 Å². The Morgan fingerprint density at radius 1 is 1.11 bits per heavy atom. The quantitative estimate of drug-likeness (QED) is 0.616. The molecule has 7 heteroatoms. The fourth-order valence-corrected chi connectivity index (χ4v) is 2.74. The van der Waals surface area contributed by atoms with Gasteiger partial charge in [-0.15, -0.1) is 0 Å². The normalized spacial score (nSPS) is 10.4. The number of hydrogen-bond donors (Lipinski definition) is 1. The summed E-state index contributed by atoms with van der Waals surface area (Å²) in [5, 5.41) is 2.91. The van der Waals surface area contributed by atoms with Gasteiger partial charge in [0.15, 0.2) is 0 Å². The van der Waals surface area contributed by atoms with Crippen molar-refractivity contribution in [3.63, 3.8) is 0 Å². The summed E-state index contributed by atoms with van der Waals surface area (Å²) in [5.41, 5.74) is 1.41. The molecule has 0 aliphatic heterocycles. The Balaban J connectivity index is 1.62. The topological polar surface area (TPSA) is 74.6 Å². The molecule has 0 unspecified atom stereocenters. The van der Waals surface area contributed by atoms with Gasteiger partial charge in [-0.2, -0.15) is 0 Å². The van der Waals surface area contributed by atoms with Crippen LogP contribution in [0.15, 0.2) is 61.2 Å². The Bertz CT molecular complexity index is 910. The van der Waals surface area contributed by atoms with E-state index < -0.39 is 0 Å². The number of ether oxygens (including phenoxy) is 3. The van der Waals surface area contributed by atoms with Crippen molar-refractivity contribution in [2.75, 3.05) is 26.1 Å². The number of nitrogens with one attached hydrogen (secondary N) is 1. The van der Waals surface area contributed by atoms with Crippen molar-refractivity contribution in [3.8, 4) is 17.2 Å². The molecule has 0 aliphatic carbocycles. The van der Waals surface area contributed by atoms with E-state index in [1.54, 1.807) is 38.9 Å². The molecule has 0 atom stereocenters. The van der Waals surface area contributed by atoms with Gasteiger partial charge in [-0.1, -0.05) is 18.2 Å². The van der Waals surface area contributed by atoms with Crippen LogP contribution in [0.4, 0.5) is 5.69 Å². The highest BCUT2D eigenvalue weighted by atomic mass is 16.5. The first-order valence-corrected chi connectivity index (χ1v) is 8.88. The molecule has 28 heavy (non-hydrogen) atoms. The largest absolute Gasteiger partial charge is 0.497 e. The Hall–Kier alpha value is -3.48. The van der Waals surface area contributed by atoms with Crippen LogP contribution in [0.1, 0.15) is 5.56 Å². The summed E-state index contributed by atoms with van der Waals surface area (Å²) in [6.07, 6.45) is 5.51. The molecular weight excluding hydrogens is 358 g/mol. The van der Waals surface area contributed by atoms with Crippen LogP contribution in [0, 0.1) is 0 Å². The number of benzene rings is 2. The fraction of sp³-hybridized carbons (Fsp3) is 0.238. The molecule has 0 radical (unpaired) electrons. The van der Waals surface area contributed by atoms with E-state index in [9.17, 15) is 4.79 Å². The van der Waals surface area contributed by atoms with Crippen LogP contribution in [0.25, 0.3) is 0 Å². The summed E-state index contributed by atoms with van der Waals surface area (Å²) < 4.78 is 18.3. The van der Waals surface area contributed by atoms with Crippen LogP contribution in [0.5, 0.6) is 17.2 Å². The van der Waals surface area contributed by atoms with E-state index in [2.05, 4.69) is 10.3 Å². The highest BCUT2D eigenvalue weighted by molar-refractivity contribution is 5.94. The van der Waals surface area contributed by atoms with Crippen molar-refractivity contribution in [3.05, 3.63) is 66.7 Å². The maximum atomic E-state index is 12.6. The molecule has 146 valence electrons. The smallest absolute Gasteiger partial charge is 0.229 e. The Kier molecular flexibility index (Phi) is 6.51. The average Bonchev–Trinajstić information content (AvgIpc) is 3.23. The number of methoxy groups -OCH3 is 2. The maximum absolute atomic E-state index is 12.6. The highest BCUT2D eigenvalue weighted by Gasteiger charge is 2.12. The maximum Gasteiger partial charge on any atom is 0.229 e. The summed E-state index contributed by atoms with van der Waals surface area (Å²) >= 11 is 0. The van der Waals surface area contributed by atoms with E-state index >= 15 is 0 Å². The molecule has 0 spiro atoms. The van der Waals surface area contributed by atoms with Crippen LogP contribution >= 0.6 is 0 Å². The number of aromatic nitrogens is 2. The van der Waals surface area contributed by atoms with Crippen LogP contribution in [-0.2, 0) is 17.8 Å². The predicted molar refractivity (Wildman–Crippen MR) is 106 cm³/mol. The molecule has 2 aromatic carbocycles. The van der Waals surface area contributed by atoms with E-state index in [4.69, 9.17) is 14.2 Å². The molecule has 1 heterocycles. The lowest BCUT2D eigenvalue weighted by Gasteiger charge is -2.14. The zero-order valence-electron chi connectivity index (χ0n) is 15.9. The van der Waals surface area contributed by atoms with Crippen molar-refractivity contribution >= 4 is 11.6 Å². The minimum atomic E-state index is -0.158. The molecule has 7 nitrogen and oxygen atoms in total. The first-order valence-electron chi connectivity index (χ1n) is 8.88. The number of anilines is 1. The molecule has 1 aromatic heterocycles. The van der Waals surface area contributed by atoms with Crippen molar-refractivity contribution in [2.45, 2.75) is 13.0 Å². The van der Waals surface area contributed by atoms with Gasteiger partial charge in [0.1, 0.15) is 23.9 Å². The van der Waals surface area contributed by atoms with Gasteiger partial charge in [0.25, 0.3) is 0 Å². The zero-order valence-corrected chi connectivity index (χ0v) is 15.9. The fourth-order valence-electron chi connectivity index (χ4n) is 2.74. The van der Waals surface area contributed by atoms with Crippen LogP contribution < -0.4 is 19.5 Å². The third kappa shape index (κ3) is 5.03. The van der Waals surface area contributed by atoms with Gasteiger partial charge in [-0.3, -0.25) is 4.79 Å². The van der Waals surface area contributed by atoms with E-state index in [1.807, 2.05) is 41.1 Å². The second-order valence-corrected chi connectivity index (χ2v) is 6.05. The number of carbonyl (C=O) groups excluding carboxylic acids is 1. The van der Waals surface area contributed by atoms with E-state index in [0.717, 1.165) is 5.56 Å². The van der Waals surface area contributed by atoms with Gasteiger partial charge in [-0.25, -0.2) is 4.98 Å². The van der Waals surface area contributed by atoms with Gasteiger partial charge in [0.2, 0.25) is 5.91 Å². The molecule has 0 saturated heterocycles. The first-order chi connectivity index (χ1) is 13.7. The second kappa shape index (κ2) is 9.45.